The molecule has 1 unspecified atom stereocenters. The summed E-state index contributed by atoms with van der Waals surface area (Å²) in [4.78, 5) is 0. The topological polar surface area (TPSA) is 20.2 Å². The van der Waals surface area contributed by atoms with Gasteiger partial charge in [-0.3, -0.25) is 0 Å². The van der Waals surface area contributed by atoms with E-state index < -0.39 is 0 Å². The van der Waals surface area contributed by atoms with E-state index in [9.17, 15) is 5.11 Å². The first kappa shape index (κ1) is 13.6. The molecule has 0 fully saturated rings. The Bertz CT molecular complexity index is 302. The van der Waals surface area contributed by atoms with Gasteiger partial charge in [-0.1, -0.05) is 36.2 Å². The average Bonchev–Trinajstić information content (AvgIpc) is 2.16. The zero-order valence-electron chi connectivity index (χ0n) is 10.5. The quantitative estimate of drug-likeness (QED) is 0.767. The zero-order chi connectivity index (χ0) is 12.0. The molecule has 2 heteroatoms. The van der Waals surface area contributed by atoms with Gasteiger partial charge in [-0.2, -0.15) is 11.8 Å². The van der Waals surface area contributed by atoms with Crippen molar-refractivity contribution in [2.75, 3.05) is 11.5 Å². The number of aliphatic hydroxyl groups excluding tert-OH is 1. The van der Waals surface area contributed by atoms with Crippen LogP contribution in [0.3, 0.4) is 0 Å². The predicted octanol–water partition coefficient (Wildman–Crippen LogP) is 3.35. The molecule has 0 aliphatic rings. The molecule has 1 rings (SSSR count). The summed E-state index contributed by atoms with van der Waals surface area (Å²) in [5.41, 5.74) is 3.82. The fourth-order valence-corrected chi connectivity index (χ4v) is 2.65. The Kier molecular flexibility index (Phi) is 5.93. The minimum absolute atomic E-state index is 0.194. The summed E-state index contributed by atoms with van der Waals surface area (Å²) in [5.74, 6) is 2.19. The van der Waals surface area contributed by atoms with Gasteiger partial charge in [0.25, 0.3) is 0 Å². The number of benzene rings is 1. The van der Waals surface area contributed by atoms with E-state index in [0.29, 0.717) is 0 Å². The van der Waals surface area contributed by atoms with E-state index in [-0.39, 0.29) is 6.10 Å². The Hall–Kier alpha value is -0.470. The van der Waals surface area contributed by atoms with E-state index in [1.807, 2.05) is 11.8 Å². The second-order valence-corrected chi connectivity index (χ2v) is 5.73. The Labute approximate surface area is 103 Å². The third kappa shape index (κ3) is 5.04. The van der Waals surface area contributed by atoms with Crippen LogP contribution in [0.4, 0.5) is 0 Å². The van der Waals surface area contributed by atoms with Crippen LogP contribution in [-0.4, -0.2) is 22.7 Å². The van der Waals surface area contributed by atoms with Crippen molar-refractivity contribution >= 4 is 11.8 Å². The van der Waals surface area contributed by atoms with Crippen molar-refractivity contribution < 1.29 is 5.11 Å². The normalized spacial score (nSPS) is 12.8. The van der Waals surface area contributed by atoms with Gasteiger partial charge in [0.1, 0.15) is 0 Å². The average molecular weight is 238 g/mol. The van der Waals surface area contributed by atoms with E-state index in [1.54, 1.807) is 0 Å². The fourth-order valence-electron chi connectivity index (χ4n) is 1.92. The van der Waals surface area contributed by atoms with Gasteiger partial charge in [0, 0.05) is 0 Å². The van der Waals surface area contributed by atoms with Crippen LogP contribution < -0.4 is 0 Å². The molecule has 1 aromatic rings. The van der Waals surface area contributed by atoms with Crippen LogP contribution in [0.1, 0.15) is 30.0 Å². The highest BCUT2D eigenvalue weighted by Crippen LogP contribution is 2.13. The molecule has 0 saturated carbocycles. The lowest BCUT2D eigenvalue weighted by Crippen LogP contribution is -2.11. The maximum Gasteiger partial charge on any atom is 0.0588 e. The molecule has 90 valence electrons. The van der Waals surface area contributed by atoms with Crippen molar-refractivity contribution in [1.82, 2.24) is 0 Å². The molecule has 1 nitrogen and oxygen atoms in total. The molecule has 0 saturated heterocycles. The van der Waals surface area contributed by atoms with Crippen LogP contribution in [0.25, 0.3) is 0 Å². The molecule has 0 spiro atoms. The number of aliphatic hydroxyl groups is 1. The minimum atomic E-state index is -0.194. The highest BCUT2D eigenvalue weighted by molar-refractivity contribution is 7.99. The number of aryl methyl sites for hydroxylation is 2. The smallest absolute Gasteiger partial charge is 0.0588 e. The van der Waals surface area contributed by atoms with Crippen LogP contribution in [0.15, 0.2) is 18.2 Å². The van der Waals surface area contributed by atoms with Gasteiger partial charge in [0.15, 0.2) is 0 Å². The van der Waals surface area contributed by atoms with Gasteiger partial charge in [0.05, 0.1) is 6.10 Å². The molecular weight excluding hydrogens is 216 g/mol. The maximum atomic E-state index is 9.90. The van der Waals surface area contributed by atoms with E-state index in [0.717, 1.165) is 24.3 Å². The SMILES string of the molecule is CCSCCC(O)Cc1cc(C)cc(C)c1. The summed E-state index contributed by atoms with van der Waals surface area (Å²) in [5, 5.41) is 9.90. The van der Waals surface area contributed by atoms with Gasteiger partial charge >= 0.3 is 0 Å². The van der Waals surface area contributed by atoms with Crippen molar-refractivity contribution in [3.63, 3.8) is 0 Å². The Morgan fingerprint density at radius 1 is 1.19 bits per heavy atom. The first-order chi connectivity index (χ1) is 7.61. The molecular formula is C14H22OS. The second-order valence-electron chi connectivity index (χ2n) is 4.34. The number of hydrogen-bond donors (Lipinski definition) is 1. The summed E-state index contributed by atoms with van der Waals surface area (Å²) >= 11 is 1.89. The first-order valence-electron chi connectivity index (χ1n) is 5.94. The summed E-state index contributed by atoms with van der Waals surface area (Å²) in [6.45, 7) is 6.37. The molecule has 1 atom stereocenters. The molecule has 0 amide bonds. The van der Waals surface area contributed by atoms with E-state index in [2.05, 4.69) is 39.0 Å². The Morgan fingerprint density at radius 3 is 2.38 bits per heavy atom. The Balaban J connectivity index is 2.45. The van der Waals surface area contributed by atoms with Crippen molar-refractivity contribution in [3.8, 4) is 0 Å². The van der Waals surface area contributed by atoms with E-state index >= 15 is 0 Å². The minimum Gasteiger partial charge on any atom is -0.393 e. The van der Waals surface area contributed by atoms with Crippen LogP contribution >= 0.6 is 11.8 Å². The molecule has 16 heavy (non-hydrogen) atoms. The molecule has 0 bridgehead atoms. The lowest BCUT2D eigenvalue weighted by atomic mass is 10.0. The fraction of sp³-hybridized carbons (Fsp3) is 0.571. The number of hydrogen-bond acceptors (Lipinski definition) is 2. The van der Waals surface area contributed by atoms with Gasteiger partial charge < -0.3 is 5.11 Å². The zero-order valence-corrected chi connectivity index (χ0v) is 11.3. The van der Waals surface area contributed by atoms with Crippen molar-refractivity contribution in [1.29, 1.82) is 0 Å². The van der Waals surface area contributed by atoms with Crippen molar-refractivity contribution in [2.24, 2.45) is 0 Å². The molecule has 1 aromatic carbocycles. The summed E-state index contributed by atoms with van der Waals surface area (Å²) in [6.07, 6.45) is 1.48. The molecule has 0 heterocycles. The molecule has 0 radical (unpaired) electrons. The molecule has 0 aliphatic carbocycles. The van der Waals surface area contributed by atoms with Gasteiger partial charge in [0.2, 0.25) is 0 Å². The van der Waals surface area contributed by atoms with Gasteiger partial charge in [-0.05, 0) is 43.8 Å². The molecule has 0 aromatic heterocycles. The second kappa shape index (κ2) is 6.97. The largest absolute Gasteiger partial charge is 0.393 e. The first-order valence-corrected chi connectivity index (χ1v) is 7.10. The Morgan fingerprint density at radius 2 is 1.81 bits per heavy atom. The predicted molar refractivity (Wildman–Crippen MR) is 73.2 cm³/mol. The summed E-state index contributed by atoms with van der Waals surface area (Å²) < 4.78 is 0. The summed E-state index contributed by atoms with van der Waals surface area (Å²) in [6, 6.07) is 6.51. The monoisotopic (exact) mass is 238 g/mol. The maximum absolute atomic E-state index is 9.90. The van der Waals surface area contributed by atoms with Crippen LogP contribution in [0, 0.1) is 13.8 Å². The highest BCUT2D eigenvalue weighted by atomic mass is 32.2. The van der Waals surface area contributed by atoms with Crippen molar-refractivity contribution in [2.45, 2.75) is 39.7 Å². The van der Waals surface area contributed by atoms with Crippen LogP contribution in [0.5, 0.6) is 0 Å². The third-order valence-corrected chi connectivity index (χ3v) is 3.48. The summed E-state index contributed by atoms with van der Waals surface area (Å²) in [7, 11) is 0. The van der Waals surface area contributed by atoms with Gasteiger partial charge in [-0.25, -0.2) is 0 Å². The highest BCUT2D eigenvalue weighted by Gasteiger charge is 2.06. The third-order valence-electron chi connectivity index (χ3n) is 2.55. The van der Waals surface area contributed by atoms with E-state index in [1.165, 1.54) is 16.7 Å². The van der Waals surface area contributed by atoms with Crippen LogP contribution in [-0.2, 0) is 6.42 Å². The number of thioether (sulfide) groups is 1. The van der Waals surface area contributed by atoms with Gasteiger partial charge in [-0.15, -0.1) is 0 Å². The standard InChI is InChI=1S/C14H22OS/c1-4-16-6-5-14(15)10-13-8-11(2)7-12(3)9-13/h7-9,14-15H,4-6,10H2,1-3H3. The van der Waals surface area contributed by atoms with E-state index in [4.69, 9.17) is 0 Å². The molecule has 0 aliphatic heterocycles. The van der Waals surface area contributed by atoms with Crippen LogP contribution in [0.2, 0.25) is 0 Å². The van der Waals surface area contributed by atoms with Crippen molar-refractivity contribution in [3.05, 3.63) is 34.9 Å². The lowest BCUT2D eigenvalue weighted by molar-refractivity contribution is 0.172. The number of rotatable bonds is 6. The molecule has 1 N–H and O–H groups in total. The lowest BCUT2D eigenvalue weighted by Gasteiger charge is -2.11.